The quantitative estimate of drug-likeness (QED) is 0.839. The van der Waals surface area contributed by atoms with Crippen molar-refractivity contribution in [3.05, 3.63) is 71.4 Å². The molecule has 2 aromatic rings. The van der Waals surface area contributed by atoms with Crippen LogP contribution in [0.1, 0.15) is 25.5 Å². The molecule has 0 saturated heterocycles. The van der Waals surface area contributed by atoms with Crippen LogP contribution in [0, 0.1) is 0 Å². The van der Waals surface area contributed by atoms with Crippen LogP contribution in [0.2, 0.25) is 0 Å². The van der Waals surface area contributed by atoms with Crippen molar-refractivity contribution < 1.29 is 14.3 Å². The van der Waals surface area contributed by atoms with E-state index in [0.717, 1.165) is 16.7 Å². The van der Waals surface area contributed by atoms with Crippen molar-refractivity contribution in [2.75, 3.05) is 6.61 Å². The zero-order valence-electron chi connectivity index (χ0n) is 14.2. The van der Waals surface area contributed by atoms with Crippen molar-refractivity contribution in [2.24, 2.45) is 0 Å². The Kier molecular flexibility index (Phi) is 4.84. The Morgan fingerprint density at radius 3 is 2.32 bits per heavy atom. The largest absolute Gasteiger partial charge is 0.463 e. The molecule has 25 heavy (non-hydrogen) atoms. The fraction of sp³-hybridized carbons (Fsp3) is 0.200. The van der Waals surface area contributed by atoms with E-state index in [1.165, 1.54) is 0 Å². The number of amides is 2. The number of allylic oxidation sites excluding steroid dienone is 1. The number of hydrogen-bond donors (Lipinski definition) is 2. The first-order chi connectivity index (χ1) is 12.1. The molecule has 0 saturated carbocycles. The zero-order valence-corrected chi connectivity index (χ0v) is 14.2. The molecule has 128 valence electrons. The Morgan fingerprint density at radius 2 is 1.68 bits per heavy atom. The number of carbonyl (C=O) groups is 2. The Labute approximate surface area is 146 Å². The predicted octanol–water partition coefficient (Wildman–Crippen LogP) is 3.54. The van der Waals surface area contributed by atoms with Gasteiger partial charge in [-0.3, -0.25) is 0 Å². The van der Waals surface area contributed by atoms with Crippen LogP contribution in [0.4, 0.5) is 4.79 Å². The third-order valence-electron chi connectivity index (χ3n) is 4.12. The molecule has 1 aliphatic heterocycles. The van der Waals surface area contributed by atoms with Crippen LogP contribution >= 0.6 is 0 Å². The molecule has 1 heterocycles. The van der Waals surface area contributed by atoms with Gasteiger partial charge in [0.15, 0.2) is 0 Å². The summed E-state index contributed by atoms with van der Waals surface area (Å²) in [7, 11) is 0. The number of carbonyl (C=O) groups excluding carboxylic acids is 2. The highest BCUT2D eigenvalue weighted by atomic mass is 16.5. The molecule has 0 fully saturated rings. The van der Waals surface area contributed by atoms with E-state index in [1.54, 1.807) is 13.8 Å². The summed E-state index contributed by atoms with van der Waals surface area (Å²) in [6.45, 7) is 3.74. The fourth-order valence-electron chi connectivity index (χ4n) is 2.92. The normalized spacial score (nSPS) is 16.9. The van der Waals surface area contributed by atoms with Crippen LogP contribution in [0.15, 0.2) is 65.9 Å². The first kappa shape index (κ1) is 16.8. The zero-order chi connectivity index (χ0) is 17.8. The summed E-state index contributed by atoms with van der Waals surface area (Å²) < 4.78 is 5.14. The molecule has 0 aromatic heterocycles. The molecule has 5 heteroatoms. The summed E-state index contributed by atoms with van der Waals surface area (Å²) in [5.74, 6) is -0.426. The van der Waals surface area contributed by atoms with Crippen molar-refractivity contribution in [1.82, 2.24) is 10.6 Å². The molecule has 0 aliphatic carbocycles. The van der Waals surface area contributed by atoms with E-state index in [9.17, 15) is 9.59 Å². The van der Waals surface area contributed by atoms with Gasteiger partial charge in [-0.2, -0.15) is 0 Å². The minimum Gasteiger partial charge on any atom is -0.463 e. The lowest BCUT2D eigenvalue weighted by molar-refractivity contribution is -0.139. The van der Waals surface area contributed by atoms with Gasteiger partial charge in [-0.15, -0.1) is 0 Å². The average Bonchev–Trinajstić information content (AvgIpc) is 2.62. The average molecular weight is 336 g/mol. The summed E-state index contributed by atoms with van der Waals surface area (Å²) >= 11 is 0. The van der Waals surface area contributed by atoms with Crippen LogP contribution in [0.3, 0.4) is 0 Å². The molecule has 2 N–H and O–H groups in total. The van der Waals surface area contributed by atoms with E-state index in [4.69, 9.17) is 4.74 Å². The minimum absolute atomic E-state index is 0.281. The first-order valence-electron chi connectivity index (χ1n) is 8.21. The minimum atomic E-state index is -0.530. The van der Waals surface area contributed by atoms with E-state index in [1.807, 2.05) is 54.6 Å². The number of urea groups is 1. The van der Waals surface area contributed by atoms with Crippen molar-refractivity contribution >= 4 is 12.0 Å². The van der Waals surface area contributed by atoms with Crippen molar-refractivity contribution in [1.29, 1.82) is 0 Å². The lowest BCUT2D eigenvalue weighted by Gasteiger charge is -2.28. The van der Waals surface area contributed by atoms with Crippen LogP contribution in [0.25, 0.3) is 11.1 Å². The highest BCUT2D eigenvalue weighted by Crippen LogP contribution is 2.29. The summed E-state index contributed by atoms with van der Waals surface area (Å²) in [5.41, 5.74) is 3.95. The van der Waals surface area contributed by atoms with Gasteiger partial charge < -0.3 is 15.4 Å². The third-order valence-corrected chi connectivity index (χ3v) is 4.12. The second kappa shape index (κ2) is 7.21. The van der Waals surface area contributed by atoms with Gasteiger partial charge >= 0.3 is 12.0 Å². The Balaban J connectivity index is 1.94. The van der Waals surface area contributed by atoms with Crippen LogP contribution in [0.5, 0.6) is 0 Å². The van der Waals surface area contributed by atoms with Crippen molar-refractivity contribution in [3.63, 3.8) is 0 Å². The van der Waals surface area contributed by atoms with E-state index in [-0.39, 0.29) is 12.6 Å². The van der Waals surface area contributed by atoms with Gasteiger partial charge in [-0.05, 0) is 30.5 Å². The van der Waals surface area contributed by atoms with E-state index >= 15 is 0 Å². The number of ether oxygens (including phenoxy) is 1. The molecule has 1 atom stereocenters. The molecule has 2 aromatic carbocycles. The summed E-state index contributed by atoms with van der Waals surface area (Å²) in [6, 6.07) is 17.0. The van der Waals surface area contributed by atoms with Gasteiger partial charge in [-0.1, -0.05) is 54.6 Å². The molecular formula is C20H20N2O3. The first-order valence-corrected chi connectivity index (χ1v) is 8.21. The van der Waals surface area contributed by atoms with E-state index in [0.29, 0.717) is 11.3 Å². The van der Waals surface area contributed by atoms with Gasteiger partial charge in [0.2, 0.25) is 0 Å². The molecule has 0 radical (unpaired) electrons. The smallest absolute Gasteiger partial charge is 0.338 e. The molecule has 5 nitrogen and oxygen atoms in total. The number of esters is 1. The predicted molar refractivity (Wildman–Crippen MR) is 95.6 cm³/mol. The third kappa shape index (κ3) is 3.55. The molecular weight excluding hydrogens is 316 g/mol. The Morgan fingerprint density at radius 1 is 1.04 bits per heavy atom. The second-order valence-corrected chi connectivity index (χ2v) is 5.78. The molecule has 0 bridgehead atoms. The van der Waals surface area contributed by atoms with Gasteiger partial charge in [-0.25, -0.2) is 9.59 Å². The number of hydrogen-bond acceptors (Lipinski definition) is 3. The van der Waals surface area contributed by atoms with E-state index in [2.05, 4.69) is 10.6 Å². The fourth-order valence-corrected chi connectivity index (χ4v) is 2.92. The number of nitrogens with one attached hydrogen (secondary N) is 2. The lowest BCUT2D eigenvalue weighted by atomic mass is 9.94. The number of benzene rings is 2. The Bertz CT molecular complexity index is 811. The summed E-state index contributed by atoms with van der Waals surface area (Å²) in [4.78, 5) is 24.2. The van der Waals surface area contributed by atoms with Gasteiger partial charge in [0.1, 0.15) is 0 Å². The second-order valence-electron chi connectivity index (χ2n) is 5.78. The molecule has 2 amide bonds. The van der Waals surface area contributed by atoms with Crippen molar-refractivity contribution in [3.8, 4) is 11.1 Å². The Hall–Kier alpha value is -3.08. The summed E-state index contributed by atoms with van der Waals surface area (Å²) in [6.07, 6.45) is 0. The molecule has 3 rings (SSSR count). The van der Waals surface area contributed by atoms with Crippen LogP contribution in [-0.2, 0) is 9.53 Å². The van der Waals surface area contributed by atoms with Crippen molar-refractivity contribution in [2.45, 2.75) is 19.9 Å². The SMILES string of the molecule is CCOC(=O)C1=C(C)NC(=O)NC1c1ccc(-c2ccccc2)cc1. The summed E-state index contributed by atoms with van der Waals surface area (Å²) in [5, 5.41) is 5.44. The topological polar surface area (TPSA) is 67.4 Å². The van der Waals surface area contributed by atoms with Gasteiger partial charge in [0.05, 0.1) is 18.2 Å². The van der Waals surface area contributed by atoms with Gasteiger partial charge in [0, 0.05) is 5.70 Å². The van der Waals surface area contributed by atoms with Gasteiger partial charge in [0.25, 0.3) is 0 Å². The van der Waals surface area contributed by atoms with E-state index < -0.39 is 12.0 Å². The maximum absolute atomic E-state index is 12.3. The van der Waals surface area contributed by atoms with Crippen LogP contribution < -0.4 is 10.6 Å². The molecule has 0 spiro atoms. The highest BCUT2D eigenvalue weighted by molar-refractivity contribution is 5.95. The maximum atomic E-state index is 12.3. The lowest BCUT2D eigenvalue weighted by Crippen LogP contribution is -2.45. The monoisotopic (exact) mass is 336 g/mol. The standard InChI is InChI=1S/C20H20N2O3/c1-3-25-19(23)17-13(2)21-20(24)22-18(17)16-11-9-15(10-12-16)14-7-5-4-6-8-14/h4-12,18H,3H2,1-2H3,(H2,21,22,24). The molecule has 1 aliphatic rings. The molecule has 1 unspecified atom stereocenters. The number of rotatable bonds is 4. The van der Waals surface area contributed by atoms with Crippen LogP contribution in [-0.4, -0.2) is 18.6 Å². The highest BCUT2D eigenvalue weighted by Gasteiger charge is 2.31. The maximum Gasteiger partial charge on any atom is 0.338 e.